The van der Waals surface area contributed by atoms with Crippen LogP contribution in [-0.2, 0) is 25.5 Å². The standard InChI is InChI=1S/C31H28NO.C14H16NSi.Ir/c1-31(2,23-11-6-7-12-23)24-17-18-32-28(20-24)27-14-8-13-26-25-16-15-22(19-29(25)33-30(26)27)21-9-4-3-5-10-21;1-16(2,3)13-9-10-14(15-11-13)12-7-5-4-6-8-12;/h3-5,8-10,13,15-20,23H,6-7,11-12H2,1-2H3;4-7,9-11H,1-3H3;/q2*-1;. The van der Waals surface area contributed by atoms with Gasteiger partial charge in [-0.2, -0.15) is 0 Å². The zero-order chi connectivity index (χ0) is 34.0. The van der Waals surface area contributed by atoms with Crippen molar-refractivity contribution in [3.05, 3.63) is 139 Å². The summed E-state index contributed by atoms with van der Waals surface area (Å²) < 4.78 is 6.45. The SMILES string of the molecule is CC(C)(c1ccnc(-c2[c-]ccc3c2oc2cc(-c4ccccc4)ccc23)c1)C1CCCC1.C[Si](C)(C)c1ccc(-c2[c-]cccc2)nc1.[Ir]. The summed E-state index contributed by atoms with van der Waals surface area (Å²) in [5, 5.41) is 3.63. The molecule has 0 bridgehead atoms. The van der Waals surface area contributed by atoms with Crippen molar-refractivity contribution in [2.45, 2.75) is 64.6 Å². The Morgan fingerprint density at radius 1 is 0.720 bits per heavy atom. The van der Waals surface area contributed by atoms with E-state index in [0.29, 0.717) is 0 Å². The molecule has 0 spiro atoms. The second-order valence-corrected chi connectivity index (χ2v) is 19.9. The molecule has 7 aromatic rings. The maximum absolute atomic E-state index is 6.45. The zero-order valence-corrected chi connectivity index (χ0v) is 33.0. The summed E-state index contributed by atoms with van der Waals surface area (Å²) in [6.45, 7) is 11.8. The molecule has 1 saturated carbocycles. The van der Waals surface area contributed by atoms with E-state index in [1.54, 1.807) is 0 Å². The number of fused-ring (bicyclic) bond motifs is 3. The van der Waals surface area contributed by atoms with Gasteiger partial charge in [-0.25, -0.2) is 0 Å². The first kappa shape index (κ1) is 35.7. The number of hydrogen-bond donors (Lipinski definition) is 0. The second-order valence-electron chi connectivity index (χ2n) is 14.9. The number of benzene rings is 4. The first-order chi connectivity index (χ1) is 23.7. The van der Waals surface area contributed by atoms with Gasteiger partial charge >= 0.3 is 0 Å². The summed E-state index contributed by atoms with van der Waals surface area (Å²) >= 11 is 0. The fraction of sp³-hybridized carbons (Fsp3) is 0.244. The predicted octanol–water partition coefficient (Wildman–Crippen LogP) is 11.7. The van der Waals surface area contributed by atoms with Crippen LogP contribution in [0, 0.1) is 18.1 Å². The topological polar surface area (TPSA) is 38.9 Å². The van der Waals surface area contributed by atoms with E-state index >= 15 is 0 Å². The molecule has 0 amide bonds. The van der Waals surface area contributed by atoms with Gasteiger partial charge in [0, 0.05) is 37.9 Å². The molecule has 1 radical (unpaired) electrons. The summed E-state index contributed by atoms with van der Waals surface area (Å²) in [7, 11) is -1.23. The minimum absolute atomic E-state index is 0. The number of nitrogens with zero attached hydrogens (tertiary/aromatic N) is 2. The summed E-state index contributed by atoms with van der Waals surface area (Å²) in [5.74, 6) is 0.732. The number of furan rings is 1. The molecule has 50 heavy (non-hydrogen) atoms. The van der Waals surface area contributed by atoms with Crippen LogP contribution < -0.4 is 5.19 Å². The summed E-state index contributed by atoms with van der Waals surface area (Å²) in [4.78, 5) is 9.26. The van der Waals surface area contributed by atoms with Gasteiger partial charge in [-0.05, 0) is 69.6 Å². The van der Waals surface area contributed by atoms with Crippen molar-refractivity contribution in [3.8, 4) is 33.6 Å². The van der Waals surface area contributed by atoms with Crippen molar-refractivity contribution in [1.82, 2.24) is 9.97 Å². The van der Waals surface area contributed by atoms with Gasteiger partial charge in [0.2, 0.25) is 0 Å². The Labute approximate surface area is 311 Å². The van der Waals surface area contributed by atoms with Crippen LogP contribution in [0.4, 0.5) is 0 Å². The molecule has 0 aliphatic heterocycles. The van der Waals surface area contributed by atoms with E-state index in [4.69, 9.17) is 9.40 Å². The Bertz CT molecular complexity index is 2180. The maximum Gasteiger partial charge on any atom is 0.121 e. The molecule has 0 unspecified atom stereocenters. The number of rotatable bonds is 6. The van der Waals surface area contributed by atoms with E-state index < -0.39 is 8.07 Å². The molecule has 1 fully saturated rings. The van der Waals surface area contributed by atoms with Crippen LogP contribution in [0.3, 0.4) is 0 Å². The van der Waals surface area contributed by atoms with Gasteiger partial charge in [0.15, 0.2) is 0 Å². The van der Waals surface area contributed by atoms with Gasteiger partial charge < -0.3 is 14.4 Å². The van der Waals surface area contributed by atoms with E-state index in [9.17, 15) is 0 Å². The quantitative estimate of drug-likeness (QED) is 0.124. The number of hydrogen-bond acceptors (Lipinski definition) is 3. The molecule has 3 nitrogen and oxygen atoms in total. The normalized spacial score (nSPS) is 13.5. The van der Waals surface area contributed by atoms with Crippen LogP contribution in [0.15, 0.2) is 126 Å². The van der Waals surface area contributed by atoms with Crippen molar-refractivity contribution in [3.63, 3.8) is 0 Å². The molecule has 5 heteroatoms. The second kappa shape index (κ2) is 15.0. The third-order valence-corrected chi connectivity index (χ3v) is 12.3. The van der Waals surface area contributed by atoms with E-state index in [0.717, 1.165) is 55.9 Å². The van der Waals surface area contributed by atoms with Gasteiger partial charge in [0.1, 0.15) is 5.58 Å². The molecule has 0 atom stereocenters. The summed E-state index contributed by atoms with van der Waals surface area (Å²) in [5.41, 5.74) is 9.54. The van der Waals surface area contributed by atoms with Gasteiger partial charge in [-0.1, -0.05) is 118 Å². The van der Waals surface area contributed by atoms with Crippen molar-refractivity contribution >= 4 is 35.2 Å². The molecule has 3 aromatic heterocycles. The van der Waals surface area contributed by atoms with Crippen LogP contribution in [0.25, 0.3) is 55.6 Å². The molecule has 1 aliphatic rings. The van der Waals surface area contributed by atoms with E-state index in [1.165, 1.54) is 42.0 Å². The largest absolute Gasteiger partial charge is 0.501 e. The molecule has 0 N–H and O–H groups in total. The smallest absolute Gasteiger partial charge is 0.121 e. The monoisotopic (exact) mass is 849 g/mol. The Morgan fingerprint density at radius 3 is 2.20 bits per heavy atom. The molecule has 1 aliphatic carbocycles. The first-order valence-corrected chi connectivity index (χ1v) is 21.0. The zero-order valence-electron chi connectivity index (χ0n) is 29.6. The number of pyridine rings is 2. The minimum atomic E-state index is -1.23. The Hall–Kier alpha value is -4.15. The fourth-order valence-corrected chi connectivity index (χ4v) is 8.18. The van der Waals surface area contributed by atoms with Crippen LogP contribution in [0.1, 0.15) is 45.1 Å². The molecule has 8 rings (SSSR count). The van der Waals surface area contributed by atoms with Gasteiger partial charge in [-0.15, -0.1) is 54.1 Å². The number of aromatic nitrogens is 2. The third-order valence-electron chi connectivity index (χ3n) is 10.3. The molecule has 255 valence electrons. The summed E-state index contributed by atoms with van der Waals surface area (Å²) in [6, 6.07) is 44.3. The van der Waals surface area contributed by atoms with E-state index in [2.05, 4.69) is 123 Å². The molecule has 4 aromatic carbocycles. The van der Waals surface area contributed by atoms with Crippen molar-refractivity contribution in [1.29, 1.82) is 0 Å². The minimum Gasteiger partial charge on any atom is -0.501 e. The molecular formula is C45H44IrN2OSi-2. The summed E-state index contributed by atoms with van der Waals surface area (Å²) in [6.07, 6.45) is 9.30. The maximum atomic E-state index is 6.45. The Morgan fingerprint density at radius 2 is 1.50 bits per heavy atom. The van der Waals surface area contributed by atoms with Crippen LogP contribution >= 0.6 is 0 Å². The van der Waals surface area contributed by atoms with Crippen molar-refractivity contribution in [2.75, 3.05) is 0 Å². The van der Waals surface area contributed by atoms with Crippen LogP contribution in [-0.4, -0.2) is 18.0 Å². The van der Waals surface area contributed by atoms with Crippen molar-refractivity contribution in [2.24, 2.45) is 5.92 Å². The molecule has 3 heterocycles. The van der Waals surface area contributed by atoms with E-state index in [-0.39, 0.29) is 25.5 Å². The van der Waals surface area contributed by atoms with Gasteiger partial charge in [-0.3, -0.25) is 0 Å². The molecular weight excluding hydrogens is 805 g/mol. The van der Waals surface area contributed by atoms with Crippen LogP contribution in [0.2, 0.25) is 19.6 Å². The van der Waals surface area contributed by atoms with Crippen molar-refractivity contribution < 1.29 is 24.5 Å². The fourth-order valence-electron chi connectivity index (χ4n) is 7.14. The average molecular weight is 849 g/mol. The van der Waals surface area contributed by atoms with E-state index in [1.807, 2.05) is 48.8 Å². The van der Waals surface area contributed by atoms with Crippen LogP contribution in [0.5, 0.6) is 0 Å². The molecule has 0 saturated heterocycles. The Kier molecular flexibility index (Phi) is 10.7. The van der Waals surface area contributed by atoms with Gasteiger partial charge in [0.05, 0.1) is 13.7 Å². The third kappa shape index (κ3) is 7.46. The predicted molar refractivity (Wildman–Crippen MR) is 208 cm³/mol. The Balaban J connectivity index is 0.000000215. The average Bonchev–Trinajstić information content (AvgIpc) is 3.82. The first-order valence-electron chi connectivity index (χ1n) is 17.5. The van der Waals surface area contributed by atoms with Gasteiger partial charge in [0.25, 0.3) is 0 Å².